The molecule has 0 bridgehead atoms. The van der Waals surface area contributed by atoms with E-state index in [1.807, 2.05) is 55.4 Å². The number of hydrogen-bond acceptors (Lipinski definition) is 7. The van der Waals surface area contributed by atoms with Crippen molar-refractivity contribution >= 4 is 63.1 Å². The van der Waals surface area contributed by atoms with Gasteiger partial charge in [0.2, 0.25) is 5.91 Å². The lowest BCUT2D eigenvalue weighted by atomic mass is 10.1. The van der Waals surface area contributed by atoms with Gasteiger partial charge in [-0.15, -0.1) is 0 Å². The number of hydroxylamine groups is 1. The highest BCUT2D eigenvalue weighted by Gasteiger charge is 2.15. The van der Waals surface area contributed by atoms with Crippen molar-refractivity contribution in [1.82, 2.24) is 15.4 Å². The standard InChI is InChI=1S/C32H30Cl2N6O4/c1-40(2)22-7-12-28-29(17-22)38-31(37-28)25-16-21(6-11-26(25)33)36-32(42)24-10-3-19(15-27(24)34)18-35-20-4-8-23(9-5-20)44-14-13-30(41)39-43/h3-12,15-17,35,43H,13-14,18H2,1-2H3,(H,36,42)(H,37,38)(H,39,41). The molecule has 0 unspecified atom stereocenters. The summed E-state index contributed by atoms with van der Waals surface area (Å²) in [5.74, 6) is 0.336. The quantitative estimate of drug-likeness (QED) is 0.0804. The molecule has 0 aliphatic heterocycles. The normalized spacial score (nSPS) is 10.8. The van der Waals surface area contributed by atoms with E-state index in [9.17, 15) is 9.59 Å². The Morgan fingerprint density at radius 1 is 0.932 bits per heavy atom. The molecule has 12 heteroatoms. The molecule has 0 aliphatic carbocycles. The van der Waals surface area contributed by atoms with Crippen LogP contribution in [-0.4, -0.2) is 47.7 Å². The van der Waals surface area contributed by atoms with Crippen molar-refractivity contribution in [2.45, 2.75) is 13.0 Å². The van der Waals surface area contributed by atoms with Crippen LogP contribution < -0.4 is 25.8 Å². The number of hydrogen-bond donors (Lipinski definition) is 5. The van der Waals surface area contributed by atoms with Crippen LogP contribution in [0.25, 0.3) is 22.4 Å². The van der Waals surface area contributed by atoms with Crippen molar-refractivity contribution in [3.05, 3.63) is 100 Å². The summed E-state index contributed by atoms with van der Waals surface area (Å²) in [5, 5.41) is 15.6. The molecule has 2 amide bonds. The Kier molecular flexibility index (Phi) is 9.54. The van der Waals surface area contributed by atoms with E-state index in [0.717, 1.165) is 28.0 Å². The summed E-state index contributed by atoms with van der Waals surface area (Å²) in [6, 6.07) is 23.7. The second kappa shape index (κ2) is 13.7. The summed E-state index contributed by atoms with van der Waals surface area (Å²) in [7, 11) is 3.95. The predicted molar refractivity (Wildman–Crippen MR) is 174 cm³/mol. The van der Waals surface area contributed by atoms with Crippen LogP contribution in [0.4, 0.5) is 17.1 Å². The Morgan fingerprint density at radius 2 is 1.70 bits per heavy atom. The maximum absolute atomic E-state index is 13.1. The van der Waals surface area contributed by atoms with Gasteiger partial charge in [-0.2, -0.15) is 0 Å². The van der Waals surface area contributed by atoms with E-state index < -0.39 is 5.91 Å². The first-order chi connectivity index (χ1) is 21.2. The molecule has 226 valence electrons. The highest BCUT2D eigenvalue weighted by atomic mass is 35.5. The van der Waals surface area contributed by atoms with Crippen molar-refractivity contribution in [2.24, 2.45) is 0 Å². The van der Waals surface area contributed by atoms with Gasteiger partial charge in [0.1, 0.15) is 11.6 Å². The molecule has 5 aromatic rings. The lowest BCUT2D eigenvalue weighted by molar-refractivity contribution is -0.129. The Labute approximate surface area is 263 Å². The number of carbonyl (C=O) groups is 2. The first-order valence-electron chi connectivity index (χ1n) is 13.7. The maximum atomic E-state index is 13.1. The number of nitrogens with zero attached hydrogens (tertiary/aromatic N) is 2. The molecule has 1 heterocycles. The van der Waals surface area contributed by atoms with Crippen LogP contribution in [-0.2, 0) is 11.3 Å². The van der Waals surface area contributed by atoms with Crippen LogP contribution in [0.3, 0.4) is 0 Å². The van der Waals surface area contributed by atoms with Crippen molar-refractivity contribution in [1.29, 1.82) is 0 Å². The number of carbonyl (C=O) groups excluding carboxylic acids is 2. The van der Waals surface area contributed by atoms with E-state index >= 15 is 0 Å². The molecular formula is C32H30Cl2N6O4. The van der Waals surface area contributed by atoms with Gasteiger partial charge in [-0.05, 0) is 78.4 Å². The first-order valence-corrected chi connectivity index (χ1v) is 14.4. The van der Waals surface area contributed by atoms with Crippen molar-refractivity contribution in [3.63, 3.8) is 0 Å². The lowest BCUT2D eigenvalue weighted by Crippen LogP contribution is -2.20. The number of fused-ring (bicyclic) bond motifs is 1. The third-order valence-electron chi connectivity index (χ3n) is 6.81. The van der Waals surface area contributed by atoms with E-state index in [1.54, 1.807) is 47.9 Å². The van der Waals surface area contributed by atoms with E-state index in [2.05, 4.69) is 15.6 Å². The second-order valence-electron chi connectivity index (χ2n) is 10.2. The Morgan fingerprint density at radius 3 is 2.43 bits per heavy atom. The van der Waals surface area contributed by atoms with Gasteiger partial charge < -0.3 is 25.3 Å². The molecule has 0 atom stereocenters. The zero-order chi connectivity index (χ0) is 31.2. The van der Waals surface area contributed by atoms with Crippen LogP contribution in [0.15, 0.2) is 78.9 Å². The minimum absolute atomic E-state index is 0.0483. The smallest absolute Gasteiger partial charge is 0.257 e. The van der Waals surface area contributed by atoms with Gasteiger partial charge in [0.25, 0.3) is 5.91 Å². The van der Waals surface area contributed by atoms with Gasteiger partial charge in [-0.1, -0.05) is 29.3 Å². The molecule has 0 aliphatic rings. The topological polar surface area (TPSA) is 132 Å². The zero-order valence-corrected chi connectivity index (χ0v) is 25.5. The molecule has 5 rings (SSSR count). The molecular weight excluding hydrogens is 603 g/mol. The van der Waals surface area contributed by atoms with Crippen molar-refractivity contribution in [3.8, 4) is 17.1 Å². The molecule has 44 heavy (non-hydrogen) atoms. The molecule has 0 spiro atoms. The summed E-state index contributed by atoms with van der Waals surface area (Å²) >= 11 is 13.0. The van der Waals surface area contributed by atoms with Crippen LogP contribution in [0.2, 0.25) is 10.0 Å². The number of H-pyrrole nitrogens is 1. The minimum atomic E-state index is -0.512. The van der Waals surface area contributed by atoms with Crippen LogP contribution in [0.5, 0.6) is 5.75 Å². The largest absolute Gasteiger partial charge is 0.493 e. The third-order valence-corrected chi connectivity index (χ3v) is 7.46. The highest BCUT2D eigenvalue weighted by Crippen LogP contribution is 2.32. The second-order valence-corrected chi connectivity index (χ2v) is 11.0. The average molecular weight is 634 g/mol. The van der Waals surface area contributed by atoms with Crippen molar-refractivity contribution in [2.75, 3.05) is 36.2 Å². The lowest BCUT2D eigenvalue weighted by Gasteiger charge is -2.12. The van der Waals surface area contributed by atoms with E-state index in [4.69, 9.17) is 38.1 Å². The summed E-state index contributed by atoms with van der Waals surface area (Å²) in [6.45, 7) is 0.628. The summed E-state index contributed by atoms with van der Waals surface area (Å²) < 4.78 is 5.48. The molecule has 10 nitrogen and oxygen atoms in total. The van der Waals surface area contributed by atoms with Gasteiger partial charge in [0.05, 0.1) is 39.7 Å². The van der Waals surface area contributed by atoms with Gasteiger partial charge in [-0.3, -0.25) is 14.8 Å². The number of aromatic nitrogens is 2. The monoisotopic (exact) mass is 632 g/mol. The summed E-state index contributed by atoms with van der Waals surface area (Å²) in [5.41, 5.74) is 7.58. The SMILES string of the molecule is CN(C)c1ccc2[nH]c(-c3cc(NC(=O)c4ccc(CNc5ccc(OCCC(=O)NO)cc5)cc4Cl)ccc3Cl)nc2c1. The number of nitrogens with one attached hydrogen (secondary N) is 4. The number of benzene rings is 4. The molecule has 1 aromatic heterocycles. The van der Waals surface area contributed by atoms with Gasteiger partial charge in [-0.25, -0.2) is 10.5 Å². The number of ether oxygens (including phenoxy) is 1. The van der Waals surface area contributed by atoms with Gasteiger partial charge in [0, 0.05) is 43.3 Å². The number of imidazole rings is 1. The van der Waals surface area contributed by atoms with Crippen LogP contribution in [0.1, 0.15) is 22.3 Å². The van der Waals surface area contributed by atoms with Gasteiger partial charge in [0.15, 0.2) is 0 Å². The maximum Gasteiger partial charge on any atom is 0.257 e. The number of rotatable bonds is 11. The van der Waals surface area contributed by atoms with Crippen molar-refractivity contribution < 1.29 is 19.5 Å². The average Bonchev–Trinajstić information content (AvgIpc) is 3.45. The minimum Gasteiger partial charge on any atom is -0.493 e. The molecule has 0 saturated carbocycles. The molecule has 0 saturated heterocycles. The Bertz CT molecular complexity index is 1810. The zero-order valence-electron chi connectivity index (χ0n) is 23.9. The van der Waals surface area contributed by atoms with E-state index in [0.29, 0.717) is 45.0 Å². The predicted octanol–water partition coefficient (Wildman–Crippen LogP) is 6.74. The van der Waals surface area contributed by atoms with E-state index in [-0.39, 0.29) is 18.9 Å². The fourth-order valence-electron chi connectivity index (χ4n) is 4.43. The van der Waals surface area contributed by atoms with Crippen LogP contribution >= 0.6 is 23.2 Å². The number of anilines is 3. The first kappa shape index (κ1) is 30.7. The number of amides is 2. The molecule has 4 aromatic carbocycles. The fourth-order valence-corrected chi connectivity index (χ4v) is 4.92. The summed E-state index contributed by atoms with van der Waals surface area (Å²) in [4.78, 5) is 34.2. The Hall–Kier alpha value is -4.77. The third kappa shape index (κ3) is 7.41. The number of halogens is 2. The molecule has 5 N–H and O–H groups in total. The summed E-state index contributed by atoms with van der Waals surface area (Å²) in [6.07, 6.45) is 0.0483. The van der Waals surface area contributed by atoms with E-state index in [1.165, 1.54) is 0 Å². The highest BCUT2D eigenvalue weighted by molar-refractivity contribution is 6.35. The Balaban J connectivity index is 1.21. The molecule has 0 fully saturated rings. The fraction of sp³-hybridized carbons (Fsp3) is 0.156. The van der Waals surface area contributed by atoms with Gasteiger partial charge >= 0.3 is 0 Å². The number of aromatic amines is 1. The van der Waals surface area contributed by atoms with Crippen LogP contribution in [0, 0.1) is 0 Å². The molecule has 0 radical (unpaired) electrons.